The first-order valence-corrected chi connectivity index (χ1v) is 24.3. The van der Waals surface area contributed by atoms with E-state index in [4.69, 9.17) is 19.4 Å². The summed E-state index contributed by atoms with van der Waals surface area (Å²) < 4.78 is 13.9. The summed E-state index contributed by atoms with van der Waals surface area (Å²) in [5.74, 6) is 1.67. The third-order valence-electron chi connectivity index (χ3n) is 14.0. The maximum Gasteiger partial charge on any atom is 0.238 e. The van der Waals surface area contributed by atoms with Gasteiger partial charge in [0.2, 0.25) is 5.95 Å². The van der Waals surface area contributed by atoms with Crippen molar-refractivity contribution in [2.45, 2.75) is 0 Å². The van der Waals surface area contributed by atoms with E-state index in [1.807, 2.05) is 41.7 Å². The minimum Gasteiger partial charge on any atom is -0.456 e. The van der Waals surface area contributed by atoms with Crippen LogP contribution in [0.5, 0.6) is 0 Å². The summed E-state index contributed by atoms with van der Waals surface area (Å²) in [6.07, 6.45) is 0. The number of thiophene rings is 1. The Morgan fingerprint density at radius 1 is 0.343 bits per heavy atom. The molecule has 0 amide bonds. The maximum absolute atomic E-state index is 6.71. The molecule has 5 heterocycles. The van der Waals surface area contributed by atoms with Crippen molar-refractivity contribution < 1.29 is 4.42 Å². The monoisotopic (exact) mass is 911 g/mol. The molecular formula is C63H37N5OS. The number of benzene rings is 10. The average Bonchev–Trinajstić information content (AvgIpc) is 4.19. The number of nitrogens with zero attached hydrogens (tertiary/aromatic N) is 5. The second-order valence-electron chi connectivity index (χ2n) is 17.9. The molecule has 0 spiro atoms. The molecule has 0 aliphatic rings. The Bertz CT molecular complexity index is 4590. The summed E-state index contributed by atoms with van der Waals surface area (Å²) >= 11 is 1.84. The van der Waals surface area contributed by atoms with E-state index in [2.05, 4.69) is 203 Å². The molecule has 0 fully saturated rings. The van der Waals surface area contributed by atoms with Crippen LogP contribution in [0.2, 0.25) is 0 Å². The minimum atomic E-state index is 0.531. The number of aromatic nitrogens is 5. The van der Waals surface area contributed by atoms with Gasteiger partial charge in [-0.3, -0.25) is 4.57 Å². The van der Waals surface area contributed by atoms with E-state index in [-0.39, 0.29) is 0 Å². The molecule has 0 bridgehead atoms. The molecule has 0 aliphatic heterocycles. The van der Waals surface area contributed by atoms with E-state index in [9.17, 15) is 0 Å². The highest BCUT2D eigenvalue weighted by Gasteiger charge is 2.25. The average molecular weight is 912 g/mol. The molecule has 0 N–H and O–H groups in total. The Morgan fingerprint density at radius 3 is 1.60 bits per heavy atom. The summed E-state index contributed by atoms with van der Waals surface area (Å²) in [6, 6.07) is 79.5. The van der Waals surface area contributed by atoms with Gasteiger partial charge >= 0.3 is 0 Å². The summed E-state index contributed by atoms with van der Waals surface area (Å²) in [5.41, 5.74) is 13.4. The van der Waals surface area contributed by atoms with Crippen molar-refractivity contribution in [2.75, 3.05) is 0 Å². The van der Waals surface area contributed by atoms with Crippen molar-refractivity contribution >= 4 is 97.1 Å². The summed E-state index contributed by atoms with van der Waals surface area (Å²) in [6.45, 7) is 0. The SMILES string of the molecule is c1ccc(-c2nc(-c3cccc4oc5ccc(-c6cccc7sc8cccc(-c9ccccc9)c8c67)cc5c34)nc(-n3c4ccccc4c4ccc5c6ccccc6n(-c6ccccc6)c5c43)n2)cc1. The number of fused-ring (bicyclic) bond motifs is 13. The fraction of sp³-hybridized carbons (Fsp3) is 0. The zero-order chi connectivity index (χ0) is 45.9. The van der Waals surface area contributed by atoms with Crippen LogP contribution in [-0.2, 0) is 0 Å². The highest BCUT2D eigenvalue weighted by atomic mass is 32.1. The highest BCUT2D eigenvalue weighted by Crippen LogP contribution is 2.47. The molecule has 5 aromatic heterocycles. The summed E-state index contributed by atoms with van der Waals surface area (Å²) in [4.78, 5) is 16.3. The predicted molar refractivity (Wildman–Crippen MR) is 290 cm³/mol. The quantitative estimate of drug-likeness (QED) is 0.167. The second kappa shape index (κ2) is 15.2. The Morgan fingerprint density at radius 2 is 0.900 bits per heavy atom. The predicted octanol–water partition coefficient (Wildman–Crippen LogP) is 17.0. The lowest BCUT2D eigenvalue weighted by Crippen LogP contribution is -2.07. The van der Waals surface area contributed by atoms with Crippen molar-refractivity contribution in [3.63, 3.8) is 0 Å². The van der Waals surface area contributed by atoms with Crippen LogP contribution in [0.3, 0.4) is 0 Å². The molecular weight excluding hydrogens is 875 g/mol. The third-order valence-corrected chi connectivity index (χ3v) is 15.1. The van der Waals surface area contributed by atoms with E-state index < -0.39 is 0 Å². The highest BCUT2D eigenvalue weighted by molar-refractivity contribution is 7.26. The molecule has 15 aromatic rings. The lowest BCUT2D eigenvalue weighted by molar-refractivity contribution is 0.669. The largest absolute Gasteiger partial charge is 0.456 e. The van der Waals surface area contributed by atoms with Gasteiger partial charge in [-0.2, -0.15) is 9.97 Å². The van der Waals surface area contributed by atoms with Crippen molar-refractivity contribution in [1.82, 2.24) is 24.1 Å². The van der Waals surface area contributed by atoms with Gasteiger partial charge in [-0.1, -0.05) is 170 Å². The van der Waals surface area contributed by atoms with Gasteiger partial charge in [0, 0.05) is 69.3 Å². The maximum atomic E-state index is 6.71. The van der Waals surface area contributed by atoms with Gasteiger partial charge in [0.25, 0.3) is 0 Å². The molecule has 0 aliphatic carbocycles. The Labute approximate surface area is 404 Å². The van der Waals surface area contributed by atoms with E-state index in [0.29, 0.717) is 17.6 Å². The zero-order valence-corrected chi connectivity index (χ0v) is 38.2. The number of furan rings is 1. The van der Waals surface area contributed by atoms with Gasteiger partial charge in [0.05, 0.1) is 22.1 Å². The third kappa shape index (κ3) is 5.76. The number of hydrogen-bond acceptors (Lipinski definition) is 5. The van der Waals surface area contributed by atoms with E-state index >= 15 is 0 Å². The summed E-state index contributed by atoms with van der Waals surface area (Å²) in [7, 11) is 0. The van der Waals surface area contributed by atoms with Crippen LogP contribution in [0.15, 0.2) is 229 Å². The zero-order valence-electron chi connectivity index (χ0n) is 37.4. The van der Waals surface area contributed by atoms with Gasteiger partial charge < -0.3 is 8.98 Å². The molecule has 6 nitrogen and oxygen atoms in total. The van der Waals surface area contributed by atoms with Crippen LogP contribution in [0.25, 0.3) is 142 Å². The normalized spacial score (nSPS) is 12.0. The van der Waals surface area contributed by atoms with Crippen LogP contribution in [-0.4, -0.2) is 24.1 Å². The molecule has 70 heavy (non-hydrogen) atoms. The van der Waals surface area contributed by atoms with Crippen LogP contribution >= 0.6 is 11.3 Å². The topological polar surface area (TPSA) is 61.7 Å². The van der Waals surface area contributed by atoms with Gasteiger partial charge in [-0.05, 0) is 76.9 Å². The van der Waals surface area contributed by atoms with Crippen LogP contribution < -0.4 is 0 Å². The van der Waals surface area contributed by atoms with Gasteiger partial charge in [-0.25, -0.2) is 4.98 Å². The molecule has 0 atom stereocenters. The van der Waals surface area contributed by atoms with Crippen LogP contribution in [0.4, 0.5) is 0 Å². The lowest BCUT2D eigenvalue weighted by Gasteiger charge is -2.13. The molecule has 0 radical (unpaired) electrons. The smallest absolute Gasteiger partial charge is 0.238 e. The Balaban J connectivity index is 1.00. The summed E-state index contributed by atoms with van der Waals surface area (Å²) in [5, 5.41) is 9.06. The van der Waals surface area contributed by atoms with Crippen molar-refractivity contribution in [1.29, 1.82) is 0 Å². The molecule has 0 saturated heterocycles. The fourth-order valence-corrected chi connectivity index (χ4v) is 12.2. The van der Waals surface area contributed by atoms with E-state index in [0.717, 1.165) is 82.5 Å². The second-order valence-corrected chi connectivity index (χ2v) is 18.9. The van der Waals surface area contributed by atoms with Gasteiger partial charge in [0.15, 0.2) is 11.6 Å². The van der Waals surface area contributed by atoms with Crippen molar-refractivity contribution in [2.24, 2.45) is 0 Å². The van der Waals surface area contributed by atoms with Gasteiger partial charge in [-0.15, -0.1) is 11.3 Å². The van der Waals surface area contributed by atoms with Crippen LogP contribution in [0.1, 0.15) is 0 Å². The first kappa shape index (κ1) is 38.9. The fourth-order valence-electron chi connectivity index (χ4n) is 11.0. The molecule has 7 heteroatoms. The Kier molecular flexibility index (Phi) is 8.43. The Hall–Kier alpha value is -9.17. The number of rotatable bonds is 6. The van der Waals surface area contributed by atoms with E-state index in [1.54, 1.807) is 0 Å². The first-order chi connectivity index (χ1) is 34.7. The lowest BCUT2D eigenvalue weighted by atomic mass is 9.94. The van der Waals surface area contributed by atoms with Crippen LogP contribution in [0, 0.1) is 0 Å². The molecule has 0 unspecified atom stereocenters. The van der Waals surface area contributed by atoms with Gasteiger partial charge in [0.1, 0.15) is 11.2 Å². The van der Waals surface area contributed by atoms with E-state index in [1.165, 1.54) is 42.2 Å². The minimum absolute atomic E-state index is 0.531. The molecule has 15 rings (SSSR count). The number of hydrogen-bond donors (Lipinski definition) is 0. The molecule has 0 saturated carbocycles. The van der Waals surface area contributed by atoms with Crippen molar-refractivity contribution in [3.05, 3.63) is 224 Å². The molecule has 326 valence electrons. The first-order valence-electron chi connectivity index (χ1n) is 23.5. The standard InChI is InChI=1S/C63H37N5OS/c1-4-17-38(18-5-1)42-25-15-31-54-57(42)58-43(26-16-32-55(58)70-54)40-33-36-52-49(37-40)56-48(27-14-30-53(56)69-52)62-64-61(39-19-6-2-7-20-39)65-63(66-62)68-51-29-13-11-24-45(51)47-35-34-46-44-23-10-12-28-50(44)67(59(46)60(47)68)41-21-8-3-9-22-41/h1-37H. The molecule has 10 aromatic carbocycles. The van der Waals surface area contributed by atoms with Crippen molar-refractivity contribution in [3.8, 4) is 56.7 Å². The number of para-hydroxylation sites is 3.